The summed E-state index contributed by atoms with van der Waals surface area (Å²) in [4.78, 5) is 0. The van der Waals surface area contributed by atoms with Gasteiger partial charge in [0.2, 0.25) is 0 Å². The topological polar surface area (TPSA) is 30.5 Å². The highest BCUT2D eigenvalue weighted by Crippen LogP contribution is 2.22. The van der Waals surface area contributed by atoms with Crippen molar-refractivity contribution < 1.29 is 9.47 Å². The Morgan fingerprint density at radius 2 is 2.27 bits per heavy atom. The molecular weight excluding hydrogens is 190 g/mol. The van der Waals surface area contributed by atoms with Gasteiger partial charge < -0.3 is 14.8 Å². The molecule has 0 aromatic rings. The lowest BCUT2D eigenvalue weighted by molar-refractivity contribution is 0.0120. The third-order valence-corrected chi connectivity index (χ3v) is 3.16. The first-order valence-corrected chi connectivity index (χ1v) is 6.20. The Kier molecular flexibility index (Phi) is 6.22. The molecule has 3 atom stereocenters. The normalized spacial score (nSPS) is 25.4. The minimum atomic E-state index is 0.344. The van der Waals surface area contributed by atoms with Gasteiger partial charge >= 0.3 is 0 Å². The highest BCUT2D eigenvalue weighted by Gasteiger charge is 2.30. The van der Waals surface area contributed by atoms with Crippen LogP contribution in [0.1, 0.15) is 33.1 Å². The van der Waals surface area contributed by atoms with E-state index in [0.29, 0.717) is 18.1 Å². The Hall–Kier alpha value is -0.120. The molecule has 0 amide bonds. The predicted octanol–water partition coefficient (Wildman–Crippen LogP) is 1.82. The van der Waals surface area contributed by atoms with Crippen LogP contribution in [0.2, 0.25) is 0 Å². The van der Waals surface area contributed by atoms with Crippen molar-refractivity contribution in [3.05, 3.63) is 0 Å². The lowest BCUT2D eigenvalue weighted by Gasteiger charge is -2.30. The smallest absolute Gasteiger partial charge is 0.0731 e. The molecule has 0 aromatic carbocycles. The number of hydrogen-bond acceptors (Lipinski definition) is 3. The van der Waals surface area contributed by atoms with Crippen LogP contribution in [0, 0.1) is 5.92 Å². The second-order valence-corrected chi connectivity index (χ2v) is 4.22. The maximum Gasteiger partial charge on any atom is 0.0731 e. The van der Waals surface area contributed by atoms with Crippen LogP contribution in [-0.2, 0) is 9.47 Å². The van der Waals surface area contributed by atoms with Gasteiger partial charge in [0.15, 0.2) is 0 Å². The van der Waals surface area contributed by atoms with Crippen LogP contribution in [0.3, 0.4) is 0 Å². The molecule has 1 heterocycles. The van der Waals surface area contributed by atoms with Gasteiger partial charge in [-0.25, -0.2) is 0 Å². The van der Waals surface area contributed by atoms with Crippen LogP contribution in [0.15, 0.2) is 0 Å². The van der Waals surface area contributed by atoms with Crippen LogP contribution in [0.4, 0.5) is 0 Å². The highest BCUT2D eigenvalue weighted by molar-refractivity contribution is 4.85. The standard InChI is InChI=1S/C12H25NO2/c1-4-6-11(15-5-2)12(13-3)10-7-8-14-9-10/h10-13H,4-9H2,1-3H3. The Morgan fingerprint density at radius 3 is 2.73 bits per heavy atom. The molecular formula is C12H25NO2. The monoisotopic (exact) mass is 215 g/mol. The molecule has 0 aromatic heterocycles. The van der Waals surface area contributed by atoms with Crippen molar-refractivity contribution >= 4 is 0 Å². The summed E-state index contributed by atoms with van der Waals surface area (Å²) >= 11 is 0. The largest absolute Gasteiger partial charge is 0.381 e. The first-order valence-electron chi connectivity index (χ1n) is 6.20. The van der Waals surface area contributed by atoms with E-state index in [1.807, 2.05) is 7.05 Å². The van der Waals surface area contributed by atoms with Crippen molar-refractivity contribution in [3.63, 3.8) is 0 Å². The molecule has 0 aliphatic carbocycles. The second kappa shape index (κ2) is 7.20. The summed E-state index contributed by atoms with van der Waals surface area (Å²) in [5.74, 6) is 0.623. The van der Waals surface area contributed by atoms with Gasteiger partial charge in [-0.1, -0.05) is 13.3 Å². The fourth-order valence-electron chi connectivity index (χ4n) is 2.43. The Morgan fingerprint density at radius 1 is 1.47 bits per heavy atom. The first-order chi connectivity index (χ1) is 7.33. The summed E-state index contributed by atoms with van der Waals surface area (Å²) in [6.07, 6.45) is 3.82. The first kappa shape index (κ1) is 12.9. The van der Waals surface area contributed by atoms with Crippen molar-refractivity contribution in [2.45, 2.75) is 45.3 Å². The van der Waals surface area contributed by atoms with Crippen molar-refractivity contribution in [1.82, 2.24) is 5.32 Å². The number of nitrogens with one attached hydrogen (secondary N) is 1. The molecule has 1 fully saturated rings. The van der Waals surface area contributed by atoms with E-state index in [0.717, 1.165) is 26.2 Å². The molecule has 3 heteroatoms. The molecule has 1 aliphatic rings. The SMILES string of the molecule is CCCC(OCC)C(NC)C1CCOC1. The van der Waals surface area contributed by atoms with E-state index in [-0.39, 0.29) is 0 Å². The Bertz CT molecular complexity index is 152. The van der Waals surface area contributed by atoms with E-state index < -0.39 is 0 Å². The number of rotatable bonds is 7. The third-order valence-electron chi connectivity index (χ3n) is 3.16. The minimum absolute atomic E-state index is 0.344. The number of ether oxygens (including phenoxy) is 2. The van der Waals surface area contributed by atoms with Crippen LogP contribution >= 0.6 is 0 Å². The molecule has 1 N–H and O–H groups in total. The molecule has 1 aliphatic heterocycles. The zero-order valence-corrected chi connectivity index (χ0v) is 10.3. The third kappa shape index (κ3) is 3.74. The molecule has 3 unspecified atom stereocenters. The second-order valence-electron chi connectivity index (χ2n) is 4.22. The Labute approximate surface area is 93.5 Å². The molecule has 3 nitrogen and oxygen atoms in total. The lowest BCUT2D eigenvalue weighted by Crippen LogP contribution is -2.45. The lowest BCUT2D eigenvalue weighted by atomic mass is 9.92. The summed E-state index contributed by atoms with van der Waals surface area (Å²) in [6, 6.07) is 0.451. The van der Waals surface area contributed by atoms with Gasteiger partial charge in [-0.3, -0.25) is 0 Å². The van der Waals surface area contributed by atoms with Crippen molar-refractivity contribution in [2.24, 2.45) is 5.92 Å². The summed E-state index contributed by atoms with van der Waals surface area (Å²) < 4.78 is 11.3. The molecule has 0 radical (unpaired) electrons. The fourth-order valence-corrected chi connectivity index (χ4v) is 2.43. The summed E-state index contributed by atoms with van der Waals surface area (Å²) in [7, 11) is 2.03. The Balaban J connectivity index is 2.50. The summed E-state index contributed by atoms with van der Waals surface area (Å²) in [5, 5.41) is 3.41. The van der Waals surface area contributed by atoms with Crippen molar-refractivity contribution in [2.75, 3.05) is 26.9 Å². The predicted molar refractivity (Wildman–Crippen MR) is 62.1 cm³/mol. The van der Waals surface area contributed by atoms with E-state index >= 15 is 0 Å². The highest BCUT2D eigenvalue weighted by atomic mass is 16.5. The molecule has 15 heavy (non-hydrogen) atoms. The fraction of sp³-hybridized carbons (Fsp3) is 1.00. The summed E-state index contributed by atoms with van der Waals surface area (Å²) in [6.45, 7) is 6.88. The molecule has 1 saturated heterocycles. The van der Waals surface area contributed by atoms with E-state index in [2.05, 4.69) is 19.2 Å². The van der Waals surface area contributed by atoms with E-state index in [1.54, 1.807) is 0 Å². The number of hydrogen-bond donors (Lipinski definition) is 1. The van der Waals surface area contributed by atoms with Gasteiger partial charge in [0, 0.05) is 25.2 Å². The zero-order chi connectivity index (χ0) is 11.1. The van der Waals surface area contributed by atoms with Gasteiger partial charge in [0.1, 0.15) is 0 Å². The quantitative estimate of drug-likeness (QED) is 0.702. The van der Waals surface area contributed by atoms with Crippen LogP contribution in [-0.4, -0.2) is 39.0 Å². The zero-order valence-electron chi connectivity index (χ0n) is 10.3. The molecule has 0 bridgehead atoms. The average molecular weight is 215 g/mol. The summed E-state index contributed by atoms with van der Waals surface area (Å²) in [5.41, 5.74) is 0. The van der Waals surface area contributed by atoms with Gasteiger partial charge in [-0.15, -0.1) is 0 Å². The molecule has 90 valence electrons. The van der Waals surface area contributed by atoms with Gasteiger partial charge in [0.05, 0.1) is 12.7 Å². The number of likely N-dealkylation sites (N-methyl/N-ethyl adjacent to an activating group) is 1. The van der Waals surface area contributed by atoms with Crippen LogP contribution < -0.4 is 5.32 Å². The molecule has 0 spiro atoms. The molecule has 1 rings (SSSR count). The maximum absolute atomic E-state index is 5.83. The van der Waals surface area contributed by atoms with Crippen molar-refractivity contribution in [1.29, 1.82) is 0 Å². The van der Waals surface area contributed by atoms with Crippen LogP contribution in [0.5, 0.6) is 0 Å². The van der Waals surface area contributed by atoms with Gasteiger partial charge in [-0.2, -0.15) is 0 Å². The van der Waals surface area contributed by atoms with Crippen LogP contribution in [0.25, 0.3) is 0 Å². The van der Waals surface area contributed by atoms with E-state index in [4.69, 9.17) is 9.47 Å². The van der Waals surface area contributed by atoms with E-state index in [9.17, 15) is 0 Å². The van der Waals surface area contributed by atoms with Crippen molar-refractivity contribution in [3.8, 4) is 0 Å². The molecule has 0 saturated carbocycles. The minimum Gasteiger partial charge on any atom is -0.381 e. The van der Waals surface area contributed by atoms with Gasteiger partial charge in [-0.05, 0) is 26.8 Å². The van der Waals surface area contributed by atoms with Gasteiger partial charge in [0.25, 0.3) is 0 Å². The average Bonchev–Trinajstić information content (AvgIpc) is 2.73. The maximum atomic E-state index is 5.83. The van der Waals surface area contributed by atoms with E-state index in [1.165, 1.54) is 12.8 Å².